The lowest BCUT2D eigenvalue weighted by Crippen LogP contribution is -2.25. The van der Waals surface area contributed by atoms with E-state index in [4.69, 9.17) is 5.11 Å². The molecule has 1 aromatic heterocycles. The lowest BCUT2D eigenvalue weighted by atomic mass is 10.2. The van der Waals surface area contributed by atoms with Gasteiger partial charge in [0.1, 0.15) is 5.82 Å². The van der Waals surface area contributed by atoms with Gasteiger partial charge >= 0.3 is 5.97 Å². The maximum absolute atomic E-state index is 10.9. The molecule has 0 aliphatic heterocycles. The Bertz CT molecular complexity index is 393. The second-order valence-electron chi connectivity index (χ2n) is 4.01. The Balaban J connectivity index is 2.62. The van der Waals surface area contributed by atoms with Crippen LogP contribution in [0.3, 0.4) is 0 Å². The van der Waals surface area contributed by atoms with Gasteiger partial charge in [0, 0.05) is 18.8 Å². The molecule has 0 unspecified atom stereocenters. The van der Waals surface area contributed by atoms with Gasteiger partial charge in [0.15, 0.2) is 0 Å². The molecule has 0 bridgehead atoms. The van der Waals surface area contributed by atoms with Gasteiger partial charge in [0.05, 0.1) is 5.56 Å². The van der Waals surface area contributed by atoms with Gasteiger partial charge in [-0.3, -0.25) is 0 Å². The molecule has 1 rings (SSSR count). The quantitative estimate of drug-likeness (QED) is 0.784. The molecule has 2 N–H and O–H groups in total. The fourth-order valence-electron chi connectivity index (χ4n) is 1.42. The molecule has 1 aromatic rings. The Morgan fingerprint density at radius 2 is 2.24 bits per heavy atom. The minimum atomic E-state index is -0.927. The number of nitrogens with one attached hydrogen (secondary N) is 1. The Morgan fingerprint density at radius 3 is 2.82 bits per heavy atom. The van der Waals surface area contributed by atoms with Gasteiger partial charge in [0.2, 0.25) is 0 Å². The van der Waals surface area contributed by atoms with E-state index in [2.05, 4.69) is 22.1 Å². The molecule has 94 valence electrons. The first-order valence-electron chi connectivity index (χ1n) is 5.67. The molecule has 0 saturated heterocycles. The minimum Gasteiger partial charge on any atom is -0.478 e. The van der Waals surface area contributed by atoms with Gasteiger partial charge in [-0.05, 0) is 32.6 Å². The Labute approximate surface area is 101 Å². The highest BCUT2D eigenvalue weighted by Gasteiger charge is 2.06. The lowest BCUT2D eigenvalue weighted by molar-refractivity contribution is 0.0696. The van der Waals surface area contributed by atoms with Crippen LogP contribution in [0.25, 0.3) is 0 Å². The number of carboxylic acids is 1. The third kappa shape index (κ3) is 4.40. The Kier molecular flexibility index (Phi) is 4.90. The molecule has 0 amide bonds. The second kappa shape index (κ2) is 6.20. The van der Waals surface area contributed by atoms with Gasteiger partial charge in [-0.15, -0.1) is 0 Å². The number of likely N-dealkylation sites (N-methyl/N-ethyl adjacent to an activating group) is 1. The summed E-state index contributed by atoms with van der Waals surface area (Å²) in [4.78, 5) is 17.3. The van der Waals surface area contributed by atoms with Crippen molar-refractivity contribution in [1.82, 2.24) is 9.88 Å². The lowest BCUT2D eigenvalue weighted by Gasteiger charge is -2.14. The van der Waals surface area contributed by atoms with Gasteiger partial charge in [0.25, 0.3) is 0 Å². The van der Waals surface area contributed by atoms with Crippen LogP contribution in [0.4, 0.5) is 5.82 Å². The van der Waals surface area contributed by atoms with Crippen molar-refractivity contribution in [2.24, 2.45) is 0 Å². The molecular formula is C12H19N3O2. The van der Waals surface area contributed by atoms with E-state index in [0.717, 1.165) is 19.6 Å². The number of pyridine rings is 1. The first kappa shape index (κ1) is 13.4. The smallest absolute Gasteiger partial charge is 0.335 e. The van der Waals surface area contributed by atoms with Crippen molar-refractivity contribution in [1.29, 1.82) is 0 Å². The number of hydrogen-bond donors (Lipinski definition) is 2. The van der Waals surface area contributed by atoms with Crippen LogP contribution < -0.4 is 5.32 Å². The van der Waals surface area contributed by atoms with Crippen molar-refractivity contribution in [2.45, 2.75) is 13.8 Å². The van der Waals surface area contributed by atoms with Crippen LogP contribution >= 0.6 is 0 Å². The van der Waals surface area contributed by atoms with Crippen LogP contribution in [0, 0.1) is 6.92 Å². The fraction of sp³-hybridized carbons (Fsp3) is 0.500. The van der Waals surface area contributed by atoms with Gasteiger partial charge in [-0.2, -0.15) is 0 Å². The van der Waals surface area contributed by atoms with Crippen molar-refractivity contribution < 1.29 is 9.90 Å². The number of aryl methyl sites for hydroxylation is 1. The summed E-state index contributed by atoms with van der Waals surface area (Å²) in [6, 6.07) is 3.12. The van der Waals surface area contributed by atoms with Crippen LogP contribution in [0.15, 0.2) is 12.1 Å². The maximum Gasteiger partial charge on any atom is 0.335 e. The number of carbonyl (C=O) groups is 1. The molecule has 0 aromatic carbocycles. The predicted molar refractivity (Wildman–Crippen MR) is 67.6 cm³/mol. The third-order valence-electron chi connectivity index (χ3n) is 2.54. The summed E-state index contributed by atoms with van der Waals surface area (Å²) in [6.45, 7) is 6.51. The number of hydrogen-bond acceptors (Lipinski definition) is 4. The van der Waals surface area contributed by atoms with E-state index in [0.29, 0.717) is 11.5 Å². The zero-order valence-corrected chi connectivity index (χ0v) is 10.5. The summed E-state index contributed by atoms with van der Waals surface area (Å²) >= 11 is 0. The van der Waals surface area contributed by atoms with Gasteiger partial charge in [-0.25, -0.2) is 9.78 Å². The Hall–Kier alpha value is -1.62. The molecule has 0 aliphatic carbocycles. The third-order valence-corrected chi connectivity index (χ3v) is 2.54. The molecule has 0 spiro atoms. The van der Waals surface area contributed by atoms with Crippen LogP contribution in [0.5, 0.6) is 0 Å². The molecule has 1 heterocycles. The monoisotopic (exact) mass is 237 g/mol. The average Bonchev–Trinajstić information content (AvgIpc) is 2.28. The second-order valence-corrected chi connectivity index (χ2v) is 4.01. The van der Waals surface area contributed by atoms with Crippen molar-refractivity contribution >= 4 is 11.8 Å². The van der Waals surface area contributed by atoms with E-state index in [1.165, 1.54) is 0 Å². The standard InChI is InChI=1S/C12H19N3O2/c1-4-15(3)6-5-13-11-8-10(12(16)17)7-9(2)14-11/h7-8H,4-6H2,1-3H3,(H,13,14)(H,16,17). The van der Waals surface area contributed by atoms with E-state index in [1.54, 1.807) is 19.1 Å². The SMILES string of the molecule is CCN(C)CCNc1cc(C(=O)O)cc(C)n1. The predicted octanol–water partition coefficient (Wildman–Crippen LogP) is 1.45. The van der Waals surface area contributed by atoms with Crippen LogP contribution in [-0.4, -0.2) is 47.6 Å². The van der Waals surface area contributed by atoms with Crippen LogP contribution in [0.2, 0.25) is 0 Å². The number of nitrogens with zero attached hydrogens (tertiary/aromatic N) is 2. The highest BCUT2D eigenvalue weighted by Crippen LogP contribution is 2.09. The first-order valence-corrected chi connectivity index (χ1v) is 5.67. The zero-order valence-electron chi connectivity index (χ0n) is 10.5. The Morgan fingerprint density at radius 1 is 1.53 bits per heavy atom. The van der Waals surface area contributed by atoms with Gasteiger partial charge < -0.3 is 15.3 Å². The van der Waals surface area contributed by atoms with E-state index in [1.807, 2.05) is 7.05 Å². The molecule has 0 fully saturated rings. The first-order chi connectivity index (χ1) is 8.02. The van der Waals surface area contributed by atoms with E-state index >= 15 is 0 Å². The van der Waals surface area contributed by atoms with Crippen molar-refractivity contribution in [3.05, 3.63) is 23.4 Å². The number of aromatic carboxylic acids is 1. The van der Waals surface area contributed by atoms with Crippen LogP contribution in [-0.2, 0) is 0 Å². The highest BCUT2D eigenvalue weighted by molar-refractivity contribution is 5.88. The molecule has 0 saturated carbocycles. The molecule has 5 nitrogen and oxygen atoms in total. The summed E-state index contributed by atoms with van der Waals surface area (Å²) in [5.41, 5.74) is 0.972. The molecule has 5 heteroatoms. The highest BCUT2D eigenvalue weighted by atomic mass is 16.4. The largest absolute Gasteiger partial charge is 0.478 e. The summed E-state index contributed by atoms with van der Waals surface area (Å²) in [6.07, 6.45) is 0. The fourth-order valence-corrected chi connectivity index (χ4v) is 1.42. The molecule has 17 heavy (non-hydrogen) atoms. The van der Waals surface area contributed by atoms with Crippen molar-refractivity contribution in [3.8, 4) is 0 Å². The summed E-state index contributed by atoms with van der Waals surface area (Å²) in [5.74, 6) is -0.309. The topological polar surface area (TPSA) is 65.5 Å². The molecular weight excluding hydrogens is 218 g/mol. The van der Waals surface area contributed by atoms with E-state index in [9.17, 15) is 4.79 Å². The molecule has 0 atom stereocenters. The maximum atomic E-state index is 10.9. The van der Waals surface area contributed by atoms with Crippen molar-refractivity contribution in [2.75, 3.05) is 32.0 Å². The van der Waals surface area contributed by atoms with Crippen molar-refractivity contribution in [3.63, 3.8) is 0 Å². The summed E-state index contributed by atoms with van der Waals surface area (Å²) in [7, 11) is 2.04. The molecule has 0 radical (unpaired) electrons. The summed E-state index contributed by atoms with van der Waals surface area (Å²) in [5, 5.41) is 12.1. The minimum absolute atomic E-state index is 0.267. The molecule has 0 aliphatic rings. The normalized spacial score (nSPS) is 10.6. The van der Waals surface area contributed by atoms with Gasteiger partial charge in [-0.1, -0.05) is 6.92 Å². The van der Waals surface area contributed by atoms with Crippen LogP contribution in [0.1, 0.15) is 23.0 Å². The average molecular weight is 237 g/mol. The number of carboxylic acid groups (broad SMARTS) is 1. The number of aromatic nitrogens is 1. The summed E-state index contributed by atoms with van der Waals surface area (Å²) < 4.78 is 0. The van der Waals surface area contributed by atoms with E-state index < -0.39 is 5.97 Å². The number of anilines is 1. The number of rotatable bonds is 6. The van der Waals surface area contributed by atoms with E-state index in [-0.39, 0.29) is 5.56 Å². The zero-order chi connectivity index (χ0) is 12.8.